The van der Waals surface area contributed by atoms with Crippen LogP contribution in [0.25, 0.3) is 15.9 Å². The molecule has 0 saturated carbocycles. The molecular formula is C20H17N3O2S. The van der Waals surface area contributed by atoms with Crippen LogP contribution in [-0.4, -0.2) is 15.3 Å². The lowest BCUT2D eigenvalue weighted by Gasteiger charge is -2.08. The highest BCUT2D eigenvalue weighted by molar-refractivity contribution is 7.20. The number of nitrogens with zero attached hydrogens (tertiary/aromatic N) is 2. The summed E-state index contributed by atoms with van der Waals surface area (Å²) in [5, 5.41) is 3.41. The molecule has 0 aliphatic rings. The summed E-state index contributed by atoms with van der Waals surface area (Å²) in [6, 6.07) is 13.1. The van der Waals surface area contributed by atoms with Gasteiger partial charge in [-0.3, -0.25) is 14.0 Å². The lowest BCUT2D eigenvalue weighted by Crippen LogP contribution is -2.14. The fourth-order valence-corrected chi connectivity index (χ4v) is 3.92. The number of aryl methyl sites for hydroxylation is 2. The summed E-state index contributed by atoms with van der Waals surface area (Å²) in [5.74, 6) is -0.223. The Balaban J connectivity index is 1.79. The second-order valence-electron chi connectivity index (χ2n) is 6.10. The molecule has 0 saturated heterocycles. The third kappa shape index (κ3) is 2.68. The molecule has 4 rings (SSSR count). The number of aromatic nitrogens is 2. The molecule has 0 spiro atoms. The van der Waals surface area contributed by atoms with E-state index in [1.807, 2.05) is 50.2 Å². The quantitative estimate of drug-likeness (QED) is 0.598. The van der Waals surface area contributed by atoms with Gasteiger partial charge in [0.25, 0.3) is 11.5 Å². The van der Waals surface area contributed by atoms with Crippen molar-refractivity contribution in [1.29, 1.82) is 0 Å². The molecule has 1 aromatic carbocycles. The molecule has 0 aliphatic heterocycles. The number of carbonyl (C=O) groups is 1. The van der Waals surface area contributed by atoms with Crippen molar-refractivity contribution in [2.24, 2.45) is 0 Å². The molecule has 4 aromatic rings. The van der Waals surface area contributed by atoms with Gasteiger partial charge in [-0.05, 0) is 42.7 Å². The molecule has 5 nitrogen and oxygen atoms in total. The van der Waals surface area contributed by atoms with Crippen LogP contribution in [0.2, 0.25) is 0 Å². The van der Waals surface area contributed by atoms with E-state index in [0.29, 0.717) is 20.7 Å². The maximum Gasteiger partial charge on any atom is 0.266 e. The minimum absolute atomic E-state index is 0.155. The van der Waals surface area contributed by atoms with Crippen molar-refractivity contribution in [3.8, 4) is 0 Å². The number of fused-ring (bicyclic) bond motifs is 2. The van der Waals surface area contributed by atoms with Crippen molar-refractivity contribution in [3.63, 3.8) is 0 Å². The molecule has 26 heavy (non-hydrogen) atoms. The van der Waals surface area contributed by atoms with Crippen molar-refractivity contribution >= 4 is 38.8 Å². The Morgan fingerprint density at radius 2 is 2.04 bits per heavy atom. The predicted molar refractivity (Wildman–Crippen MR) is 105 cm³/mol. The second kappa shape index (κ2) is 6.38. The molecule has 1 N–H and O–H groups in total. The van der Waals surface area contributed by atoms with E-state index in [4.69, 9.17) is 0 Å². The van der Waals surface area contributed by atoms with Gasteiger partial charge in [0.1, 0.15) is 10.5 Å². The van der Waals surface area contributed by atoms with E-state index in [0.717, 1.165) is 23.2 Å². The van der Waals surface area contributed by atoms with Gasteiger partial charge in [-0.1, -0.05) is 31.2 Å². The topological polar surface area (TPSA) is 63.5 Å². The second-order valence-corrected chi connectivity index (χ2v) is 7.13. The Bertz CT molecular complexity index is 1210. The number of amides is 1. The molecule has 1 amide bonds. The van der Waals surface area contributed by atoms with Crippen LogP contribution in [-0.2, 0) is 6.42 Å². The molecule has 0 fully saturated rings. The molecule has 130 valence electrons. The van der Waals surface area contributed by atoms with Crippen molar-refractivity contribution < 1.29 is 4.79 Å². The minimum atomic E-state index is -0.223. The smallest absolute Gasteiger partial charge is 0.266 e. The van der Waals surface area contributed by atoms with Crippen LogP contribution >= 0.6 is 11.3 Å². The Morgan fingerprint density at radius 1 is 1.23 bits per heavy atom. The molecular weight excluding hydrogens is 346 g/mol. The number of pyridine rings is 1. The first-order chi connectivity index (χ1) is 12.6. The van der Waals surface area contributed by atoms with E-state index >= 15 is 0 Å². The lowest BCUT2D eigenvalue weighted by molar-refractivity contribution is 0.103. The summed E-state index contributed by atoms with van der Waals surface area (Å²) in [6.45, 7) is 3.96. The highest BCUT2D eigenvalue weighted by atomic mass is 32.1. The molecule has 0 radical (unpaired) electrons. The maximum absolute atomic E-state index is 12.7. The third-order valence-corrected chi connectivity index (χ3v) is 5.43. The fraction of sp³-hybridized carbons (Fsp3) is 0.150. The number of anilines is 1. The van der Waals surface area contributed by atoms with E-state index < -0.39 is 0 Å². The van der Waals surface area contributed by atoms with Crippen LogP contribution in [0.5, 0.6) is 0 Å². The predicted octanol–water partition coefficient (Wildman–Crippen LogP) is 4.03. The van der Waals surface area contributed by atoms with Gasteiger partial charge in [0.05, 0.1) is 10.3 Å². The highest BCUT2D eigenvalue weighted by Crippen LogP contribution is 2.24. The molecule has 0 bridgehead atoms. The summed E-state index contributed by atoms with van der Waals surface area (Å²) in [6.07, 6.45) is 2.53. The molecule has 0 aliphatic carbocycles. The Morgan fingerprint density at radius 3 is 2.85 bits per heavy atom. The standard InChI is InChI=1S/C20H17N3O2S/c1-3-13-8-4-5-9-15(13)21-18(24)16-11-14-19(26-16)22-17-12(2)7-6-10-23(17)20(14)25/h4-11H,3H2,1-2H3,(H,21,24). The van der Waals surface area contributed by atoms with Crippen LogP contribution < -0.4 is 10.9 Å². The molecule has 6 heteroatoms. The van der Waals surface area contributed by atoms with E-state index in [1.165, 1.54) is 15.7 Å². The maximum atomic E-state index is 12.7. The summed E-state index contributed by atoms with van der Waals surface area (Å²) in [5.41, 5.74) is 3.25. The van der Waals surface area contributed by atoms with E-state index in [-0.39, 0.29) is 11.5 Å². The first-order valence-electron chi connectivity index (χ1n) is 8.39. The van der Waals surface area contributed by atoms with Crippen molar-refractivity contribution in [3.05, 3.63) is 75.0 Å². The minimum Gasteiger partial charge on any atom is -0.321 e. The van der Waals surface area contributed by atoms with Crippen molar-refractivity contribution in [2.45, 2.75) is 20.3 Å². The number of nitrogens with one attached hydrogen (secondary N) is 1. The van der Waals surface area contributed by atoms with Crippen molar-refractivity contribution in [1.82, 2.24) is 9.38 Å². The zero-order chi connectivity index (χ0) is 18.3. The van der Waals surface area contributed by atoms with Gasteiger partial charge in [-0.25, -0.2) is 4.98 Å². The van der Waals surface area contributed by atoms with Crippen LogP contribution in [0, 0.1) is 6.92 Å². The van der Waals surface area contributed by atoms with Gasteiger partial charge in [0, 0.05) is 11.9 Å². The largest absolute Gasteiger partial charge is 0.321 e. The number of benzene rings is 1. The van der Waals surface area contributed by atoms with Crippen LogP contribution in [0.1, 0.15) is 27.7 Å². The monoisotopic (exact) mass is 363 g/mol. The van der Waals surface area contributed by atoms with Crippen LogP contribution in [0.15, 0.2) is 53.5 Å². The number of thiophene rings is 1. The number of rotatable bonds is 3. The van der Waals surface area contributed by atoms with E-state index in [9.17, 15) is 9.59 Å². The SMILES string of the molecule is CCc1ccccc1NC(=O)c1cc2c(=O)n3cccc(C)c3nc2s1. The zero-order valence-electron chi connectivity index (χ0n) is 14.4. The number of para-hydroxylation sites is 1. The average molecular weight is 363 g/mol. The fourth-order valence-electron chi connectivity index (χ4n) is 3.00. The number of hydrogen-bond donors (Lipinski definition) is 1. The normalized spacial score (nSPS) is 11.2. The Kier molecular flexibility index (Phi) is 4.05. The van der Waals surface area contributed by atoms with Gasteiger partial charge >= 0.3 is 0 Å². The Labute approximate surface area is 153 Å². The van der Waals surface area contributed by atoms with Gasteiger partial charge in [0.2, 0.25) is 0 Å². The summed E-state index contributed by atoms with van der Waals surface area (Å²) in [7, 11) is 0. The number of hydrogen-bond acceptors (Lipinski definition) is 4. The summed E-state index contributed by atoms with van der Waals surface area (Å²) >= 11 is 1.24. The summed E-state index contributed by atoms with van der Waals surface area (Å²) < 4.78 is 1.53. The molecule has 0 atom stereocenters. The number of carbonyl (C=O) groups excluding carboxylic acids is 1. The average Bonchev–Trinajstić information content (AvgIpc) is 3.08. The van der Waals surface area contributed by atoms with E-state index in [1.54, 1.807) is 12.3 Å². The van der Waals surface area contributed by atoms with Gasteiger partial charge < -0.3 is 5.32 Å². The lowest BCUT2D eigenvalue weighted by atomic mass is 10.1. The molecule has 3 aromatic heterocycles. The molecule has 0 unspecified atom stereocenters. The van der Waals surface area contributed by atoms with Crippen LogP contribution in [0.4, 0.5) is 5.69 Å². The first-order valence-corrected chi connectivity index (χ1v) is 9.21. The first kappa shape index (κ1) is 16.5. The molecule has 3 heterocycles. The van der Waals surface area contributed by atoms with Gasteiger partial charge in [0.15, 0.2) is 0 Å². The Hall–Kier alpha value is -2.99. The van der Waals surface area contributed by atoms with Crippen molar-refractivity contribution in [2.75, 3.05) is 5.32 Å². The third-order valence-electron chi connectivity index (χ3n) is 4.40. The highest BCUT2D eigenvalue weighted by Gasteiger charge is 2.16. The van der Waals surface area contributed by atoms with Crippen LogP contribution in [0.3, 0.4) is 0 Å². The summed E-state index contributed by atoms with van der Waals surface area (Å²) in [4.78, 5) is 31.1. The van der Waals surface area contributed by atoms with E-state index in [2.05, 4.69) is 10.3 Å². The zero-order valence-corrected chi connectivity index (χ0v) is 15.3. The van der Waals surface area contributed by atoms with Gasteiger partial charge in [-0.2, -0.15) is 0 Å². The van der Waals surface area contributed by atoms with Gasteiger partial charge in [-0.15, -0.1) is 11.3 Å².